The van der Waals surface area contributed by atoms with Crippen LogP contribution >= 0.6 is 0 Å². The van der Waals surface area contributed by atoms with Crippen molar-refractivity contribution in [3.05, 3.63) is 71.8 Å². The van der Waals surface area contributed by atoms with Gasteiger partial charge in [-0.2, -0.15) is 0 Å². The summed E-state index contributed by atoms with van der Waals surface area (Å²) in [5.41, 5.74) is 5.95. The minimum atomic E-state index is 0.990. The topological polar surface area (TPSA) is 30.7 Å². The molecule has 0 spiro atoms. The predicted octanol–water partition coefficient (Wildman–Crippen LogP) is 4.28. The number of imidazole rings is 1. The van der Waals surface area contributed by atoms with Crippen LogP contribution in [0.1, 0.15) is 24.7 Å². The number of allylic oxidation sites excluding steroid dienone is 1. The summed E-state index contributed by atoms with van der Waals surface area (Å²) in [6.07, 6.45) is 8.05. The van der Waals surface area contributed by atoms with E-state index in [1.165, 1.54) is 17.0 Å². The van der Waals surface area contributed by atoms with Crippen LogP contribution < -0.4 is 0 Å². The first-order chi connectivity index (χ1) is 10.8. The molecular weight excluding hydrogens is 270 g/mol. The maximum atomic E-state index is 4.92. The number of hydrogen-bond acceptors (Lipinski definition) is 2. The van der Waals surface area contributed by atoms with Crippen molar-refractivity contribution in [1.82, 2.24) is 14.5 Å². The molecule has 0 fully saturated rings. The summed E-state index contributed by atoms with van der Waals surface area (Å²) in [4.78, 5) is 9.20. The quantitative estimate of drug-likeness (QED) is 0.704. The van der Waals surface area contributed by atoms with Gasteiger partial charge in [-0.25, -0.2) is 4.98 Å². The molecule has 0 N–H and O–H groups in total. The van der Waals surface area contributed by atoms with Crippen molar-refractivity contribution in [2.45, 2.75) is 19.8 Å². The zero-order valence-corrected chi connectivity index (χ0v) is 12.5. The molecule has 22 heavy (non-hydrogen) atoms. The van der Waals surface area contributed by atoms with E-state index in [-0.39, 0.29) is 0 Å². The van der Waals surface area contributed by atoms with E-state index >= 15 is 0 Å². The number of aromatic nitrogens is 3. The van der Waals surface area contributed by atoms with Gasteiger partial charge in [-0.1, -0.05) is 35.9 Å². The molecule has 108 valence electrons. The standard InChI is InChI=1S/C19H17N3/c1-14-9-10-17-18(12-14)22(16-8-5-11-20-13-16)19(21-17)15-6-3-2-4-7-15/h2-8,11-13H,9-10H2,1H3. The first-order valence-corrected chi connectivity index (χ1v) is 7.57. The van der Waals surface area contributed by atoms with Crippen LogP contribution in [-0.4, -0.2) is 14.5 Å². The normalized spacial score (nSPS) is 13.6. The Hall–Kier alpha value is -2.68. The van der Waals surface area contributed by atoms with E-state index in [0.29, 0.717) is 0 Å². The molecule has 2 heterocycles. The average molecular weight is 287 g/mol. The second kappa shape index (κ2) is 5.26. The Morgan fingerprint density at radius 1 is 1.00 bits per heavy atom. The van der Waals surface area contributed by atoms with Crippen LogP contribution in [0.15, 0.2) is 60.4 Å². The molecule has 0 amide bonds. The van der Waals surface area contributed by atoms with Crippen molar-refractivity contribution in [3.8, 4) is 17.1 Å². The molecule has 3 aromatic rings. The van der Waals surface area contributed by atoms with Crippen LogP contribution in [0, 0.1) is 0 Å². The minimum absolute atomic E-state index is 0.990. The van der Waals surface area contributed by atoms with Crippen molar-refractivity contribution >= 4 is 6.08 Å². The first kappa shape index (κ1) is 13.0. The van der Waals surface area contributed by atoms with Crippen molar-refractivity contribution in [3.63, 3.8) is 0 Å². The number of benzene rings is 1. The molecule has 1 aliphatic carbocycles. The lowest BCUT2D eigenvalue weighted by Gasteiger charge is -2.13. The van der Waals surface area contributed by atoms with Gasteiger partial charge in [-0.3, -0.25) is 9.55 Å². The maximum absolute atomic E-state index is 4.92. The monoisotopic (exact) mass is 287 g/mol. The molecule has 1 aromatic carbocycles. The summed E-state index contributed by atoms with van der Waals surface area (Å²) < 4.78 is 2.22. The maximum Gasteiger partial charge on any atom is 0.145 e. The van der Waals surface area contributed by atoms with Crippen LogP contribution in [-0.2, 0) is 6.42 Å². The Kier molecular flexibility index (Phi) is 3.11. The van der Waals surface area contributed by atoms with Crippen LogP contribution in [0.25, 0.3) is 23.2 Å². The number of fused-ring (bicyclic) bond motifs is 1. The molecular formula is C19H17N3. The molecule has 0 saturated carbocycles. The molecule has 0 unspecified atom stereocenters. The van der Waals surface area contributed by atoms with Crippen molar-refractivity contribution in [2.24, 2.45) is 0 Å². The molecule has 1 aliphatic rings. The number of aryl methyl sites for hydroxylation is 1. The smallest absolute Gasteiger partial charge is 0.145 e. The summed E-state index contributed by atoms with van der Waals surface area (Å²) in [7, 11) is 0. The van der Waals surface area contributed by atoms with E-state index in [9.17, 15) is 0 Å². The molecule has 0 bridgehead atoms. The average Bonchev–Trinajstić information content (AvgIpc) is 2.95. The van der Waals surface area contributed by atoms with Gasteiger partial charge in [-0.05, 0) is 38.0 Å². The molecule has 4 rings (SSSR count). The van der Waals surface area contributed by atoms with Crippen molar-refractivity contribution < 1.29 is 0 Å². The van der Waals surface area contributed by atoms with Gasteiger partial charge in [0.1, 0.15) is 5.82 Å². The van der Waals surface area contributed by atoms with Crippen LogP contribution in [0.5, 0.6) is 0 Å². The van der Waals surface area contributed by atoms with E-state index in [4.69, 9.17) is 4.98 Å². The van der Waals surface area contributed by atoms with Crippen LogP contribution in [0.2, 0.25) is 0 Å². The highest BCUT2D eigenvalue weighted by Gasteiger charge is 2.20. The molecule has 0 radical (unpaired) electrons. The summed E-state index contributed by atoms with van der Waals surface area (Å²) in [5.74, 6) is 0.990. The van der Waals surface area contributed by atoms with Gasteiger partial charge in [0.05, 0.1) is 23.3 Å². The molecule has 3 nitrogen and oxygen atoms in total. The largest absolute Gasteiger partial charge is 0.291 e. The lowest BCUT2D eigenvalue weighted by molar-refractivity contribution is 0.890. The Morgan fingerprint density at radius 3 is 2.64 bits per heavy atom. The zero-order valence-electron chi connectivity index (χ0n) is 12.5. The number of pyridine rings is 1. The van der Waals surface area contributed by atoms with E-state index in [0.717, 1.165) is 29.9 Å². The van der Waals surface area contributed by atoms with E-state index in [1.54, 1.807) is 6.20 Å². The highest BCUT2D eigenvalue weighted by atomic mass is 15.1. The molecule has 0 saturated heterocycles. The SMILES string of the molecule is CC1=Cc2c(nc(-c3ccccc3)n2-c2cccnc2)CC1. The van der Waals surface area contributed by atoms with Crippen molar-refractivity contribution in [1.29, 1.82) is 0 Å². The fourth-order valence-corrected chi connectivity index (χ4v) is 2.96. The Balaban J connectivity index is 2.00. The summed E-state index contributed by atoms with van der Waals surface area (Å²) in [6.45, 7) is 2.19. The van der Waals surface area contributed by atoms with Gasteiger partial charge in [-0.15, -0.1) is 0 Å². The van der Waals surface area contributed by atoms with E-state index < -0.39 is 0 Å². The predicted molar refractivity (Wildman–Crippen MR) is 88.8 cm³/mol. The molecule has 3 heteroatoms. The van der Waals surface area contributed by atoms with Gasteiger partial charge in [0, 0.05) is 11.8 Å². The lowest BCUT2D eigenvalue weighted by Crippen LogP contribution is -2.03. The summed E-state index contributed by atoms with van der Waals surface area (Å²) >= 11 is 0. The van der Waals surface area contributed by atoms with Gasteiger partial charge in [0.2, 0.25) is 0 Å². The second-order valence-corrected chi connectivity index (χ2v) is 5.67. The number of rotatable bonds is 2. The van der Waals surface area contributed by atoms with E-state index in [1.807, 2.05) is 18.3 Å². The summed E-state index contributed by atoms with van der Waals surface area (Å²) in [5, 5.41) is 0. The van der Waals surface area contributed by atoms with Crippen LogP contribution in [0.4, 0.5) is 0 Å². The Bertz CT molecular complexity index is 830. The lowest BCUT2D eigenvalue weighted by atomic mass is 10.0. The summed E-state index contributed by atoms with van der Waals surface area (Å²) in [6, 6.07) is 14.4. The van der Waals surface area contributed by atoms with Gasteiger partial charge in [0.15, 0.2) is 0 Å². The number of hydrogen-bond donors (Lipinski definition) is 0. The highest BCUT2D eigenvalue weighted by Crippen LogP contribution is 2.31. The zero-order chi connectivity index (χ0) is 14.9. The third kappa shape index (κ3) is 2.15. The minimum Gasteiger partial charge on any atom is -0.291 e. The fourth-order valence-electron chi connectivity index (χ4n) is 2.96. The molecule has 0 aliphatic heterocycles. The van der Waals surface area contributed by atoms with Gasteiger partial charge < -0.3 is 0 Å². The molecule has 0 atom stereocenters. The van der Waals surface area contributed by atoms with Gasteiger partial charge in [0.25, 0.3) is 0 Å². The Labute approximate surface area is 130 Å². The Morgan fingerprint density at radius 2 is 1.86 bits per heavy atom. The molecule has 2 aromatic heterocycles. The second-order valence-electron chi connectivity index (χ2n) is 5.67. The third-order valence-corrected chi connectivity index (χ3v) is 4.06. The van der Waals surface area contributed by atoms with Crippen molar-refractivity contribution in [2.75, 3.05) is 0 Å². The first-order valence-electron chi connectivity index (χ1n) is 7.57. The number of nitrogens with zero attached hydrogens (tertiary/aromatic N) is 3. The van der Waals surface area contributed by atoms with E-state index in [2.05, 4.69) is 52.9 Å². The fraction of sp³-hybridized carbons (Fsp3) is 0.158. The van der Waals surface area contributed by atoms with Crippen LogP contribution in [0.3, 0.4) is 0 Å². The highest BCUT2D eigenvalue weighted by molar-refractivity contribution is 5.67. The third-order valence-electron chi connectivity index (χ3n) is 4.06. The van der Waals surface area contributed by atoms with Gasteiger partial charge >= 0.3 is 0 Å².